The average Bonchev–Trinajstić information content (AvgIpc) is 2.74. The van der Waals surface area contributed by atoms with Crippen LogP contribution in [0.2, 0.25) is 0 Å². The van der Waals surface area contributed by atoms with Crippen LogP contribution in [0.3, 0.4) is 0 Å². The summed E-state index contributed by atoms with van der Waals surface area (Å²) in [5.41, 5.74) is 1.54. The molecule has 0 saturated carbocycles. The molecular formula is C13H20N2S. The second kappa shape index (κ2) is 5.48. The maximum Gasteiger partial charge on any atom is 0.0847 e. The van der Waals surface area contributed by atoms with Crippen molar-refractivity contribution in [1.29, 1.82) is 0 Å². The van der Waals surface area contributed by atoms with Gasteiger partial charge < -0.3 is 4.90 Å². The molecule has 0 saturated heterocycles. The molecule has 0 radical (unpaired) electrons. The molecule has 0 N–H and O–H groups in total. The Bertz CT molecular complexity index is 357. The first-order valence-corrected chi connectivity index (χ1v) is 6.95. The minimum atomic E-state index is 0.605. The number of rotatable bonds is 4. The van der Waals surface area contributed by atoms with Crippen LogP contribution in [0.15, 0.2) is 16.4 Å². The number of thiophene rings is 1. The molecule has 16 heavy (non-hydrogen) atoms. The molecule has 2 rings (SSSR count). The molecule has 0 bridgehead atoms. The van der Waals surface area contributed by atoms with Crippen LogP contribution in [0.4, 0.5) is 0 Å². The highest BCUT2D eigenvalue weighted by molar-refractivity contribution is 7.10. The summed E-state index contributed by atoms with van der Waals surface area (Å²) in [7, 11) is 2.10. The van der Waals surface area contributed by atoms with E-state index in [-0.39, 0.29) is 0 Å². The standard InChI is InChI=1S/C13H20N2S/c1-3-4-5-13-12(6-7-16-13)11-8-14-10-15(2)9-11/h6-7,10-11H,3-5,8-9H2,1-2H3. The molecule has 1 unspecified atom stereocenters. The van der Waals surface area contributed by atoms with Crippen LogP contribution in [0.25, 0.3) is 0 Å². The Balaban J connectivity index is 2.08. The van der Waals surface area contributed by atoms with Crippen molar-refractivity contribution >= 4 is 17.7 Å². The average molecular weight is 236 g/mol. The zero-order chi connectivity index (χ0) is 11.4. The summed E-state index contributed by atoms with van der Waals surface area (Å²) in [5, 5.41) is 2.23. The first-order valence-electron chi connectivity index (χ1n) is 6.07. The van der Waals surface area contributed by atoms with Crippen molar-refractivity contribution in [3.63, 3.8) is 0 Å². The third-order valence-electron chi connectivity index (χ3n) is 3.09. The number of unbranched alkanes of at least 4 members (excludes halogenated alkanes) is 1. The van der Waals surface area contributed by atoms with E-state index in [1.165, 1.54) is 19.3 Å². The van der Waals surface area contributed by atoms with Crippen molar-refractivity contribution in [3.05, 3.63) is 21.9 Å². The summed E-state index contributed by atoms with van der Waals surface area (Å²) in [4.78, 5) is 8.19. The Labute approximate surface area is 102 Å². The van der Waals surface area contributed by atoms with Crippen LogP contribution in [0.5, 0.6) is 0 Å². The van der Waals surface area contributed by atoms with Gasteiger partial charge in [0.1, 0.15) is 0 Å². The Morgan fingerprint density at radius 3 is 3.19 bits per heavy atom. The van der Waals surface area contributed by atoms with Crippen LogP contribution >= 0.6 is 11.3 Å². The van der Waals surface area contributed by atoms with Gasteiger partial charge in [-0.3, -0.25) is 4.99 Å². The zero-order valence-corrected chi connectivity index (χ0v) is 11.0. The van der Waals surface area contributed by atoms with E-state index >= 15 is 0 Å². The molecule has 3 heteroatoms. The van der Waals surface area contributed by atoms with Crippen LogP contribution < -0.4 is 0 Å². The van der Waals surface area contributed by atoms with Gasteiger partial charge in [-0.15, -0.1) is 11.3 Å². The van der Waals surface area contributed by atoms with Crippen LogP contribution in [-0.4, -0.2) is 31.4 Å². The highest BCUT2D eigenvalue weighted by Gasteiger charge is 2.19. The fraction of sp³-hybridized carbons (Fsp3) is 0.615. The van der Waals surface area contributed by atoms with Gasteiger partial charge in [-0.25, -0.2) is 0 Å². The van der Waals surface area contributed by atoms with Crippen molar-refractivity contribution in [2.75, 3.05) is 20.1 Å². The van der Waals surface area contributed by atoms with Gasteiger partial charge in [-0.2, -0.15) is 0 Å². The van der Waals surface area contributed by atoms with Gasteiger partial charge in [0, 0.05) is 30.9 Å². The fourth-order valence-electron chi connectivity index (χ4n) is 2.22. The first kappa shape index (κ1) is 11.6. The summed E-state index contributed by atoms with van der Waals surface area (Å²) in [6, 6.07) is 2.30. The zero-order valence-electron chi connectivity index (χ0n) is 10.1. The lowest BCUT2D eigenvalue weighted by molar-refractivity contribution is 0.439. The predicted molar refractivity (Wildman–Crippen MR) is 71.7 cm³/mol. The van der Waals surface area contributed by atoms with Crippen molar-refractivity contribution in [3.8, 4) is 0 Å². The topological polar surface area (TPSA) is 15.6 Å². The van der Waals surface area contributed by atoms with Crippen molar-refractivity contribution in [2.45, 2.75) is 32.1 Å². The molecule has 1 atom stereocenters. The number of nitrogens with zero attached hydrogens (tertiary/aromatic N) is 2. The Morgan fingerprint density at radius 1 is 1.56 bits per heavy atom. The molecule has 2 nitrogen and oxygen atoms in total. The van der Waals surface area contributed by atoms with E-state index in [0.29, 0.717) is 5.92 Å². The van der Waals surface area contributed by atoms with Crippen LogP contribution in [0, 0.1) is 0 Å². The van der Waals surface area contributed by atoms with E-state index in [0.717, 1.165) is 13.1 Å². The van der Waals surface area contributed by atoms with Crippen LogP contribution in [0.1, 0.15) is 36.1 Å². The maximum absolute atomic E-state index is 4.42. The highest BCUT2D eigenvalue weighted by atomic mass is 32.1. The molecule has 0 aromatic carbocycles. The molecule has 0 fully saturated rings. The smallest absolute Gasteiger partial charge is 0.0847 e. The van der Waals surface area contributed by atoms with Gasteiger partial charge in [-0.05, 0) is 29.9 Å². The van der Waals surface area contributed by atoms with Gasteiger partial charge in [0.05, 0.1) is 6.34 Å². The molecule has 2 heterocycles. The third kappa shape index (κ3) is 2.64. The predicted octanol–water partition coefficient (Wildman–Crippen LogP) is 3.15. The molecule has 1 aliphatic rings. The van der Waals surface area contributed by atoms with E-state index < -0.39 is 0 Å². The number of aryl methyl sites for hydroxylation is 1. The van der Waals surface area contributed by atoms with Gasteiger partial charge in [-0.1, -0.05) is 13.3 Å². The monoisotopic (exact) mass is 236 g/mol. The van der Waals surface area contributed by atoms with Crippen molar-refractivity contribution in [1.82, 2.24) is 4.90 Å². The highest BCUT2D eigenvalue weighted by Crippen LogP contribution is 2.28. The van der Waals surface area contributed by atoms with Crippen molar-refractivity contribution in [2.24, 2.45) is 4.99 Å². The summed E-state index contributed by atoms with van der Waals surface area (Å²) in [6.07, 6.45) is 5.78. The Morgan fingerprint density at radius 2 is 2.44 bits per heavy atom. The molecule has 1 aromatic heterocycles. The second-order valence-electron chi connectivity index (χ2n) is 4.52. The minimum Gasteiger partial charge on any atom is -0.365 e. The van der Waals surface area contributed by atoms with E-state index in [4.69, 9.17) is 0 Å². The van der Waals surface area contributed by atoms with Gasteiger partial charge in [0.2, 0.25) is 0 Å². The van der Waals surface area contributed by atoms with Crippen LogP contribution in [-0.2, 0) is 6.42 Å². The number of aliphatic imine (C=N–C) groups is 1. The lowest BCUT2D eigenvalue weighted by Crippen LogP contribution is -2.29. The first-order chi connectivity index (χ1) is 7.81. The van der Waals surface area contributed by atoms with E-state index in [1.54, 1.807) is 10.4 Å². The normalized spacial score (nSPS) is 20.4. The molecule has 0 spiro atoms. The number of hydrogen-bond acceptors (Lipinski definition) is 3. The lowest BCUT2D eigenvalue weighted by Gasteiger charge is -2.25. The summed E-state index contributed by atoms with van der Waals surface area (Å²) >= 11 is 1.91. The number of likely N-dealkylation sites (N-methyl/N-ethyl adjacent to an activating group) is 1. The Hall–Kier alpha value is -0.830. The molecule has 0 amide bonds. The molecular weight excluding hydrogens is 216 g/mol. The third-order valence-corrected chi connectivity index (χ3v) is 4.09. The largest absolute Gasteiger partial charge is 0.365 e. The van der Waals surface area contributed by atoms with Gasteiger partial charge in [0.25, 0.3) is 0 Å². The van der Waals surface area contributed by atoms with Crippen molar-refractivity contribution < 1.29 is 0 Å². The molecule has 0 aliphatic carbocycles. The second-order valence-corrected chi connectivity index (χ2v) is 5.52. The quantitative estimate of drug-likeness (QED) is 0.784. The lowest BCUT2D eigenvalue weighted by atomic mass is 9.97. The fourth-order valence-corrected chi connectivity index (χ4v) is 3.23. The minimum absolute atomic E-state index is 0.605. The van der Waals surface area contributed by atoms with E-state index in [2.05, 4.69) is 35.3 Å². The summed E-state index contributed by atoms with van der Waals surface area (Å²) < 4.78 is 0. The van der Waals surface area contributed by atoms with Gasteiger partial charge in [0.15, 0.2) is 0 Å². The van der Waals surface area contributed by atoms with E-state index in [1.807, 2.05) is 17.7 Å². The summed E-state index contributed by atoms with van der Waals surface area (Å²) in [5.74, 6) is 0.605. The van der Waals surface area contributed by atoms with E-state index in [9.17, 15) is 0 Å². The molecule has 1 aliphatic heterocycles. The summed E-state index contributed by atoms with van der Waals surface area (Å²) in [6.45, 7) is 4.32. The number of hydrogen-bond donors (Lipinski definition) is 0. The molecule has 1 aromatic rings. The SMILES string of the molecule is CCCCc1sccc1C1CN=CN(C)C1. The maximum atomic E-state index is 4.42. The van der Waals surface area contributed by atoms with Gasteiger partial charge >= 0.3 is 0 Å². The Kier molecular flexibility index (Phi) is 3.99. The molecule has 88 valence electrons.